The quantitative estimate of drug-likeness (QED) is 0.415. The normalized spacial score (nSPS) is 14.1. The van der Waals surface area contributed by atoms with E-state index in [0.717, 1.165) is 12.8 Å². The van der Waals surface area contributed by atoms with E-state index >= 15 is 0 Å². The molecular weight excluding hydrogens is 156 g/mol. The fourth-order valence-electron chi connectivity index (χ4n) is 0.894. The highest BCUT2D eigenvalue weighted by atomic mass is 13.9. The van der Waals surface area contributed by atoms with Crippen molar-refractivity contribution in [2.45, 2.75) is 40.0 Å². The number of hydrogen-bond acceptors (Lipinski definition) is 0. The third kappa shape index (κ3) is 9.13. The van der Waals surface area contributed by atoms with E-state index in [1.54, 1.807) is 0 Å². The van der Waals surface area contributed by atoms with Crippen LogP contribution < -0.4 is 0 Å². The zero-order valence-corrected chi connectivity index (χ0v) is 9.22. The maximum atomic E-state index is 3.86. The van der Waals surface area contributed by atoms with E-state index in [9.17, 15) is 0 Å². The van der Waals surface area contributed by atoms with Gasteiger partial charge in [-0.05, 0) is 25.7 Å². The summed E-state index contributed by atoms with van der Waals surface area (Å²) in [5.41, 5.74) is 1.26. The van der Waals surface area contributed by atoms with Crippen LogP contribution in [0.2, 0.25) is 0 Å². The van der Waals surface area contributed by atoms with Crippen molar-refractivity contribution in [3.05, 3.63) is 36.5 Å². The molecule has 0 nitrogen and oxygen atoms in total. The fraction of sp³-hybridized carbons (Fsp3) is 0.538. The van der Waals surface area contributed by atoms with Crippen molar-refractivity contribution in [3.8, 4) is 0 Å². The molecule has 0 unspecified atom stereocenters. The van der Waals surface area contributed by atoms with Gasteiger partial charge in [0.05, 0.1) is 0 Å². The summed E-state index contributed by atoms with van der Waals surface area (Å²) in [5.74, 6) is 0.700. The molecule has 0 heterocycles. The molecule has 0 radical (unpaired) electrons. The highest BCUT2D eigenvalue weighted by Gasteiger charge is 1.87. The summed E-state index contributed by atoms with van der Waals surface area (Å²) in [7, 11) is 0. The lowest BCUT2D eigenvalue weighted by Gasteiger charge is -1.96. The van der Waals surface area contributed by atoms with E-state index in [4.69, 9.17) is 0 Å². The monoisotopic (exact) mass is 178 g/mol. The van der Waals surface area contributed by atoms with Gasteiger partial charge in [-0.25, -0.2) is 0 Å². The smallest absolute Gasteiger partial charge is 0.0261 e. The average Bonchev–Trinajstić information content (AvgIpc) is 2.10. The first kappa shape index (κ1) is 12.2. The van der Waals surface area contributed by atoms with E-state index < -0.39 is 0 Å². The summed E-state index contributed by atoms with van der Waals surface area (Å²) in [6, 6.07) is 0. The first-order chi connectivity index (χ1) is 6.16. The molecule has 0 bridgehead atoms. The maximum absolute atomic E-state index is 3.86. The van der Waals surface area contributed by atoms with E-state index in [0.29, 0.717) is 5.92 Å². The van der Waals surface area contributed by atoms with Gasteiger partial charge in [0.15, 0.2) is 0 Å². The van der Waals surface area contributed by atoms with Gasteiger partial charge in [0.1, 0.15) is 0 Å². The first-order valence-electron chi connectivity index (χ1n) is 5.14. The summed E-state index contributed by atoms with van der Waals surface area (Å²) >= 11 is 0. The van der Waals surface area contributed by atoms with Crippen LogP contribution in [0.25, 0.3) is 0 Å². The third-order valence-electron chi connectivity index (χ3n) is 2.07. The zero-order chi connectivity index (χ0) is 10.1. The van der Waals surface area contributed by atoms with Crippen molar-refractivity contribution in [3.63, 3.8) is 0 Å². The Morgan fingerprint density at radius 3 is 2.62 bits per heavy atom. The van der Waals surface area contributed by atoms with Crippen molar-refractivity contribution in [1.82, 2.24) is 0 Å². The molecule has 1 atom stereocenters. The molecule has 0 aliphatic heterocycles. The summed E-state index contributed by atoms with van der Waals surface area (Å²) in [5, 5.41) is 0. The minimum atomic E-state index is 0.700. The van der Waals surface area contributed by atoms with Crippen LogP contribution in [0.1, 0.15) is 40.0 Å². The Labute approximate surface area is 83.0 Å². The van der Waals surface area contributed by atoms with Gasteiger partial charge in [-0.2, -0.15) is 0 Å². The van der Waals surface area contributed by atoms with Crippen LogP contribution in [0.4, 0.5) is 0 Å². The van der Waals surface area contributed by atoms with Gasteiger partial charge in [0.25, 0.3) is 0 Å². The van der Waals surface area contributed by atoms with Crippen molar-refractivity contribution >= 4 is 0 Å². The Morgan fingerprint density at radius 1 is 1.38 bits per heavy atom. The predicted molar refractivity (Wildman–Crippen MR) is 61.8 cm³/mol. The van der Waals surface area contributed by atoms with Crippen LogP contribution in [-0.4, -0.2) is 0 Å². The number of rotatable bonds is 6. The predicted octanol–water partition coefficient (Wildman–Crippen LogP) is 4.50. The second-order valence-corrected chi connectivity index (χ2v) is 3.69. The molecule has 0 fully saturated rings. The Bertz CT molecular complexity index is 184. The van der Waals surface area contributed by atoms with Gasteiger partial charge >= 0.3 is 0 Å². The molecule has 0 N–H and O–H groups in total. The molecule has 0 aliphatic rings. The molecule has 0 heteroatoms. The summed E-state index contributed by atoms with van der Waals surface area (Å²) in [4.78, 5) is 0. The Balaban J connectivity index is 3.51. The average molecular weight is 178 g/mol. The van der Waals surface area contributed by atoms with Crippen LogP contribution in [0.3, 0.4) is 0 Å². The highest BCUT2D eigenvalue weighted by molar-refractivity contribution is 5.04. The molecule has 0 spiro atoms. The summed E-state index contributed by atoms with van der Waals surface area (Å²) in [6.45, 7) is 10.4. The van der Waals surface area contributed by atoms with Gasteiger partial charge in [-0.3, -0.25) is 0 Å². The lowest BCUT2D eigenvalue weighted by molar-refractivity contribution is 0.698. The second-order valence-electron chi connectivity index (χ2n) is 3.69. The Kier molecular flexibility index (Phi) is 7.38. The van der Waals surface area contributed by atoms with Crippen LogP contribution in [0.15, 0.2) is 36.5 Å². The Hall–Kier alpha value is -0.780. The summed E-state index contributed by atoms with van der Waals surface area (Å²) in [6.07, 6.45) is 12.2. The Morgan fingerprint density at radius 2 is 2.08 bits per heavy atom. The van der Waals surface area contributed by atoms with E-state index in [1.165, 1.54) is 12.0 Å². The maximum Gasteiger partial charge on any atom is -0.0261 e. The van der Waals surface area contributed by atoms with E-state index in [2.05, 4.69) is 51.7 Å². The molecule has 0 saturated carbocycles. The molecule has 0 amide bonds. The second kappa shape index (κ2) is 7.85. The minimum Gasteiger partial charge on any atom is -0.100 e. The molecule has 0 aromatic rings. The van der Waals surface area contributed by atoms with Gasteiger partial charge in [-0.1, -0.05) is 50.1 Å². The van der Waals surface area contributed by atoms with Crippen LogP contribution in [-0.2, 0) is 0 Å². The molecule has 0 rings (SSSR count). The SMILES string of the molecule is C=C(C)CC/C=C/C=C\[C@@H](C)CC. The van der Waals surface area contributed by atoms with E-state index in [-0.39, 0.29) is 0 Å². The molecule has 74 valence electrons. The molecule has 0 saturated heterocycles. The largest absolute Gasteiger partial charge is 0.100 e. The van der Waals surface area contributed by atoms with Crippen LogP contribution in [0, 0.1) is 5.92 Å². The van der Waals surface area contributed by atoms with E-state index in [1.807, 2.05) is 0 Å². The van der Waals surface area contributed by atoms with Gasteiger partial charge in [-0.15, -0.1) is 6.58 Å². The molecule has 0 aliphatic carbocycles. The molecule has 13 heavy (non-hydrogen) atoms. The minimum absolute atomic E-state index is 0.700. The van der Waals surface area contributed by atoms with Crippen molar-refractivity contribution < 1.29 is 0 Å². The molecule has 0 aromatic carbocycles. The first-order valence-corrected chi connectivity index (χ1v) is 5.14. The van der Waals surface area contributed by atoms with Crippen molar-refractivity contribution in [1.29, 1.82) is 0 Å². The standard InChI is InChI=1S/C13H22/c1-5-13(4)11-9-7-6-8-10-12(2)3/h6-7,9,11,13H,2,5,8,10H2,1,3-4H3/b7-6+,11-9-/t13-/m0/s1. The zero-order valence-electron chi connectivity index (χ0n) is 9.22. The van der Waals surface area contributed by atoms with Gasteiger partial charge < -0.3 is 0 Å². The lowest BCUT2D eigenvalue weighted by Crippen LogP contribution is -1.82. The van der Waals surface area contributed by atoms with Crippen molar-refractivity contribution in [2.24, 2.45) is 5.92 Å². The number of hydrogen-bond donors (Lipinski definition) is 0. The highest BCUT2D eigenvalue weighted by Crippen LogP contribution is 2.03. The topological polar surface area (TPSA) is 0 Å². The third-order valence-corrected chi connectivity index (χ3v) is 2.07. The van der Waals surface area contributed by atoms with Gasteiger partial charge in [0, 0.05) is 0 Å². The van der Waals surface area contributed by atoms with Crippen molar-refractivity contribution in [2.75, 3.05) is 0 Å². The molecule has 0 aromatic heterocycles. The summed E-state index contributed by atoms with van der Waals surface area (Å²) < 4.78 is 0. The van der Waals surface area contributed by atoms with Gasteiger partial charge in [0.2, 0.25) is 0 Å². The fourth-order valence-corrected chi connectivity index (χ4v) is 0.894. The number of allylic oxidation sites excluding steroid dienone is 5. The lowest BCUT2D eigenvalue weighted by atomic mass is 10.1. The molecular formula is C13H22. The van der Waals surface area contributed by atoms with Crippen LogP contribution in [0.5, 0.6) is 0 Å². The van der Waals surface area contributed by atoms with Crippen LogP contribution >= 0.6 is 0 Å².